The quantitative estimate of drug-likeness (QED) is 0.610. The van der Waals surface area contributed by atoms with E-state index in [0.29, 0.717) is 5.75 Å². The highest BCUT2D eigenvalue weighted by atomic mass is 19.1. The molecule has 0 radical (unpaired) electrons. The number of alkyl halides is 1. The zero-order chi connectivity index (χ0) is 8.81. The third-order valence-electron chi connectivity index (χ3n) is 1.34. The van der Waals surface area contributed by atoms with Crippen LogP contribution in [0.4, 0.5) is 4.39 Å². The van der Waals surface area contributed by atoms with Crippen molar-refractivity contribution in [2.24, 2.45) is 0 Å². The lowest BCUT2D eigenvalue weighted by molar-refractivity contribution is 0.192. The first-order chi connectivity index (χ1) is 5.86. The molecule has 0 saturated carbocycles. The molecule has 1 aromatic rings. The van der Waals surface area contributed by atoms with Gasteiger partial charge in [0.05, 0.1) is 0 Å². The van der Waals surface area contributed by atoms with Gasteiger partial charge in [-0.05, 0) is 31.2 Å². The van der Waals surface area contributed by atoms with Gasteiger partial charge in [-0.15, -0.1) is 5.92 Å². The van der Waals surface area contributed by atoms with Crippen LogP contribution in [-0.2, 0) is 0 Å². The summed E-state index contributed by atoms with van der Waals surface area (Å²) >= 11 is 0. The van der Waals surface area contributed by atoms with E-state index in [-0.39, 0.29) is 0 Å². The molecule has 0 unspecified atom stereocenters. The SMILES string of the molecule is CC#Cc1ccc(OCF)cc1. The Kier molecular flexibility index (Phi) is 3.16. The second kappa shape index (κ2) is 4.40. The molecule has 1 aromatic carbocycles. The second-order valence-electron chi connectivity index (χ2n) is 2.15. The summed E-state index contributed by atoms with van der Waals surface area (Å²) in [5, 5.41) is 0. The number of halogens is 1. The number of ether oxygens (including phenoxy) is 1. The van der Waals surface area contributed by atoms with Gasteiger partial charge >= 0.3 is 0 Å². The van der Waals surface area contributed by atoms with Crippen LogP contribution in [0.3, 0.4) is 0 Å². The third-order valence-corrected chi connectivity index (χ3v) is 1.34. The number of hydrogen-bond acceptors (Lipinski definition) is 1. The minimum atomic E-state index is -0.793. The van der Waals surface area contributed by atoms with Crippen molar-refractivity contribution >= 4 is 0 Å². The number of rotatable bonds is 2. The molecule has 0 aliphatic rings. The van der Waals surface area contributed by atoms with Crippen LogP contribution < -0.4 is 4.74 Å². The lowest BCUT2D eigenvalue weighted by Crippen LogP contribution is -1.88. The smallest absolute Gasteiger partial charge is 0.228 e. The van der Waals surface area contributed by atoms with Crippen LogP contribution in [0.5, 0.6) is 5.75 Å². The Labute approximate surface area is 71.2 Å². The fraction of sp³-hybridized carbons (Fsp3) is 0.200. The van der Waals surface area contributed by atoms with Crippen molar-refractivity contribution in [2.45, 2.75) is 6.92 Å². The van der Waals surface area contributed by atoms with Gasteiger partial charge in [-0.3, -0.25) is 0 Å². The topological polar surface area (TPSA) is 9.23 Å². The van der Waals surface area contributed by atoms with Crippen LogP contribution in [0.1, 0.15) is 12.5 Å². The fourth-order valence-corrected chi connectivity index (χ4v) is 0.842. The largest absolute Gasteiger partial charge is 0.463 e. The van der Waals surface area contributed by atoms with E-state index in [1.165, 1.54) is 0 Å². The van der Waals surface area contributed by atoms with E-state index in [9.17, 15) is 4.39 Å². The molecule has 62 valence electrons. The Bertz CT molecular complexity index is 292. The maximum Gasteiger partial charge on any atom is 0.228 e. The molecule has 0 aromatic heterocycles. The van der Waals surface area contributed by atoms with E-state index < -0.39 is 6.86 Å². The van der Waals surface area contributed by atoms with Crippen LogP contribution in [0.15, 0.2) is 24.3 Å². The van der Waals surface area contributed by atoms with Crippen molar-refractivity contribution in [3.8, 4) is 17.6 Å². The molecule has 0 atom stereocenters. The molecular formula is C10H9FO. The molecule has 0 aliphatic carbocycles. The van der Waals surface area contributed by atoms with E-state index in [1.807, 2.05) is 0 Å². The Hall–Kier alpha value is -1.49. The van der Waals surface area contributed by atoms with Gasteiger partial charge in [0, 0.05) is 5.56 Å². The van der Waals surface area contributed by atoms with Crippen LogP contribution in [0.2, 0.25) is 0 Å². The lowest BCUT2D eigenvalue weighted by atomic mass is 10.2. The fourth-order valence-electron chi connectivity index (χ4n) is 0.842. The van der Waals surface area contributed by atoms with E-state index in [4.69, 9.17) is 0 Å². The highest BCUT2D eigenvalue weighted by Crippen LogP contribution is 2.11. The number of benzene rings is 1. The zero-order valence-corrected chi connectivity index (χ0v) is 6.80. The monoisotopic (exact) mass is 164 g/mol. The van der Waals surface area contributed by atoms with Crippen molar-refractivity contribution in [2.75, 3.05) is 6.86 Å². The van der Waals surface area contributed by atoms with Gasteiger partial charge < -0.3 is 4.74 Å². The molecule has 2 heteroatoms. The van der Waals surface area contributed by atoms with Gasteiger partial charge in [-0.25, -0.2) is 4.39 Å². The number of hydrogen-bond donors (Lipinski definition) is 0. The highest BCUT2D eigenvalue weighted by Gasteiger charge is 1.91. The maximum absolute atomic E-state index is 11.7. The van der Waals surface area contributed by atoms with Crippen LogP contribution in [0.25, 0.3) is 0 Å². The summed E-state index contributed by atoms with van der Waals surface area (Å²) in [6.07, 6.45) is 0. The molecule has 1 nitrogen and oxygen atoms in total. The standard InChI is InChI=1S/C10H9FO/c1-2-3-9-4-6-10(7-5-9)12-8-11/h4-7H,8H2,1H3. The van der Waals surface area contributed by atoms with Gasteiger partial charge in [0.15, 0.2) is 0 Å². The van der Waals surface area contributed by atoms with Crippen molar-refractivity contribution in [3.63, 3.8) is 0 Å². The Morgan fingerprint density at radius 1 is 1.33 bits per heavy atom. The molecule has 0 amide bonds. The lowest BCUT2D eigenvalue weighted by Gasteiger charge is -1.99. The summed E-state index contributed by atoms with van der Waals surface area (Å²) in [7, 11) is 0. The molecule has 0 heterocycles. The van der Waals surface area contributed by atoms with Crippen LogP contribution in [0, 0.1) is 11.8 Å². The summed E-state index contributed by atoms with van der Waals surface area (Å²) in [4.78, 5) is 0. The third kappa shape index (κ3) is 2.28. The van der Waals surface area contributed by atoms with Gasteiger partial charge in [0.1, 0.15) is 5.75 Å². The van der Waals surface area contributed by atoms with Crippen LogP contribution >= 0.6 is 0 Å². The molecule has 12 heavy (non-hydrogen) atoms. The van der Waals surface area contributed by atoms with Crippen molar-refractivity contribution in [3.05, 3.63) is 29.8 Å². The van der Waals surface area contributed by atoms with Crippen LogP contribution in [-0.4, -0.2) is 6.86 Å². The molecule has 0 saturated heterocycles. The first-order valence-electron chi connectivity index (χ1n) is 3.58. The summed E-state index contributed by atoms with van der Waals surface area (Å²) in [5.41, 5.74) is 0.906. The molecule has 0 fully saturated rings. The van der Waals surface area contributed by atoms with E-state index in [0.717, 1.165) is 5.56 Å². The molecule has 0 spiro atoms. The normalized spacial score (nSPS) is 8.50. The summed E-state index contributed by atoms with van der Waals surface area (Å²) < 4.78 is 16.3. The summed E-state index contributed by atoms with van der Waals surface area (Å²) in [6.45, 7) is 0.977. The van der Waals surface area contributed by atoms with Gasteiger partial charge in [0.2, 0.25) is 6.86 Å². The first-order valence-corrected chi connectivity index (χ1v) is 3.58. The minimum Gasteiger partial charge on any atom is -0.463 e. The van der Waals surface area contributed by atoms with Crippen molar-refractivity contribution in [1.29, 1.82) is 0 Å². The average Bonchev–Trinajstić information content (AvgIpc) is 2.09. The minimum absolute atomic E-state index is 0.527. The predicted octanol–water partition coefficient (Wildman–Crippen LogP) is 2.36. The van der Waals surface area contributed by atoms with E-state index >= 15 is 0 Å². The highest BCUT2D eigenvalue weighted by molar-refractivity contribution is 5.37. The molecule has 1 rings (SSSR count). The van der Waals surface area contributed by atoms with E-state index in [1.54, 1.807) is 31.2 Å². The summed E-state index contributed by atoms with van der Waals surface area (Å²) in [5.74, 6) is 6.18. The first kappa shape index (κ1) is 8.61. The van der Waals surface area contributed by atoms with Gasteiger partial charge in [0.25, 0.3) is 0 Å². The van der Waals surface area contributed by atoms with E-state index in [2.05, 4.69) is 16.6 Å². The summed E-state index contributed by atoms with van der Waals surface area (Å²) in [6, 6.07) is 6.97. The van der Waals surface area contributed by atoms with Crippen molar-refractivity contribution in [1.82, 2.24) is 0 Å². The average molecular weight is 164 g/mol. The Morgan fingerprint density at radius 3 is 2.50 bits per heavy atom. The predicted molar refractivity (Wildman–Crippen MR) is 45.6 cm³/mol. The molecule has 0 bridgehead atoms. The molecular weight excluding hydrogens is 155 g/mol. The second-order valence-corrected chi connectivity index (χ2v) is 2.15. The Morgan fingerprint density at radius 2 is 2.00 bits per heavy atom. The van der Waals surface area contributed by atoms with Gasteiger partial charge in [-0.2, -0.15) is 0 Å². The molecule has 0 aliphatic heterocycles. The van der Waals surface area contributed by atoms with Gasteiger partial charge in [-0.1, -0.05) is 5.92 Å². The maximum atomic E-state index is 11.7. The van der Waals surface area contributed by atoms with Crippen molar-refractivity contribution < 1.29 is 9.13 Å². The molecule has 0 N–H and O–H groups in total. The Balaban J connectivity index is 2.76. The zero-order valence-electron chi connectivity index (χ0n) is 6.80.